The standard InChI is InChI=1S/C16H16N2O3S/c1-16(2,3)21-15(19)18-14-17-10-13(20-14)12-6-4-11(5-7-12)8-9-22/h4-7,10,22H,1-3H3,(H,17,18,19). The first-order valence-corrected chi connectivity index (χ1v) is 7.03. The third-order valence-electron chi connectivity index (χ3n) is 2.48. The van der Waals surface area contributed by atoms with E-state index in [1.165, 1.54) is 6.20 Å². The smallest absolute Gasteiger partial charge is 0.415 e. The Hall–Kier alpha value is -2.39. The van der Waals surface area contributed by atoms with Crippen molar-refractivity contribution in [2.75, 3.05) is 5.32 Å². The van der Waals surface area contributed by atoms with Crippen molar-refractivity contribution in [1.29, 1.82) is 0 Å². The fourth-order valence-corrected chi connectivity index (χ4v) is 1.77. The highest BCUT2D eigenvalue weighted by molar-refractivity contribution is 7.85. The number of oxazole rings is 1. The van der Waals surface area contributed by atoms with Crippen LogP contribution in [0.1, 0.15) is 26.3 Å². The summed E-state index contributed by atoms with van der Waals surface area (Å²) >= 11 is 3.85. The predicted molar refractivity (Wildman–Crippen MR) is 87.7 cm³/mol. The second-order valence-electron chi connectivity index (χ2n) is 5.47. The summed E-state index contributed by atoms with van der Waals surface area (Å²) in [4.78, 5) is 15.6. The molecule has 0 bridgehead atoms. The number of hydrogen-bond acceptors (Lipinski definition) is 5. The molecule has 0 aliphatic rings. The SMILES string of the molecule is CC(C)(C)OC(=O)Nc1ncc(-c2ccc(C#CS)cc2)o1. The number of nitrogens with one attached hydrogen (secondary N) is 1. The molecule has 5 nitrogen and oxygen atoms in total. The lowest BCUT2D eigenvalue weighted by Gasteiger charge is -2.18. The van der Waals surface area contributed by atoms with Gasteiger partial charge < -0.3 is 9.15 Å². The highest BCUT2D eigenvalue weighted by Gasteiger charge is 2.18. The van der Waals surface area contributed by atoms with Gasteiger partial charge in [-0.25, -0.2) is 15.1 Å². The van der Waals surface area contributed by atoms with Gasteiger partial charge in [-0.3, -0.25) is 0 Å². The zero-order valence-electron chi connectivity index (χ0n) is 12.5. The Morgan fingerprint density at radius 1 is 1.32 bits per heavy atom. The van der Waals surface area contributed by atoms with Crippen LogP contribution in [0.2, 0.25) is 0 Å². The molecule has 2 aromatic rings. The Balaban J connectivity index is 2.07. The molecule has 1 aromatic heterocycles. The highest BCUT2D eigenvalue weighted by Crippen LogP contribution is 2.23. The summed E-state index contributed by atoms with van der Waals surface area (Å²) in [7, 11) is 0. The van der Waals surface area contributed by atoms with Crippen LogP contribution >= 0.6 is 12.6 Å². The molecule has 22 heavy (non-hydrogen) atoms. The van der Waals surface area contributed by atoms with E-state index < -0.39 is 11.7 Å². The van der Waals surface area contributed by atoms with Crippen LogP contribution in [0.25, 0.3) is 11.3 Å². The molecule has 0 radical (unpaired) electrons. The van der Waals surface area contributed by atoms with Crippen molar-refractivity contribution in [1.82, 2.24) is 4.98 Å². The maximum absolute atomic E-state index is 11.6. The van der Waals surface area contributed by atoms with E-state index in [9.17, 15) is 4.79 Å². The summed E-state index contributed by atoms with van der Waals surface area (Å²) in [6, 6.07) is 7.49. The summed E-state index contributed by atoms with van der Waals surface area (Å²) in [5.74, 6) is 3.37. The van der Waals surface area contributed by atoms with Crippen LogP contribution in [0.4, 0.5) is 10.8 Å². The number of nitrogens with zero attached hydrogens (tertiary/aromatic N) is 1. The number of amides is 1. The lowest BCUT2D eigenvalue weighted by molar-refractivity contribution is 0.0632. The van der Waals surface area contributed by atoms with Gasteiger partial charge in [-0.15, -0.1) is 0 Å². The Morgan fingerprint density at radius 2 is 2.00 bits per heavy atom. The predicted octanol–water partition coefficient (Wildman–Crippen LogP) is 3.93. The molecule has 6 heteroatoms. The third-order valence-corrected chi connectivity index (χ3v) is 2.60. The van der Waals surface area contributed by atoms with Gasteiger partial charge >= 0.3 is 12.1 Å². The molecule has 0 saturated carbocycles. The van der Waals surface area contributed by atoms with Crippen LogP contribution < -0.4 is 5.32 Å². The van der Waals surface area contributed by atoms with Crippen molar-refractivity contribution >= 4 is 24.7 Å². The van der Waals surface area contributed by atoms with Gasteiger partial charge in [0.25, 0.3) is 0 Å². The molecule has 0 fully saturated rings. The van der Waals surface area contributed by atoms with Gasteiger partial charge in [0.1, 0.15) is 5.60 Å². The average Bonchev–Trinajstić information content (AvgIpc) is 2.86. The summed E-state index contributed by atoms with van der Waals surface area (Å²) in [5.41, 5.74) is 1.10. The van der Waals surface area contributed by atoms with E-state index in [4.69, 9.17) is 9.15 Å². The van der Waals surface area contributed by atoms with Gasteiger partial charge in [0.15, 0.2) is 5.76 Å². The van der Waals surface area contributed by atoms with Gasteiger partial charge in [0.05, 0.1) is 6.20 Å². The first-order chi connectivity index (χ1) is 10.4. The topological polar surface area (TPSA) is 64.4 Å². The van der Waals surface area contributed by atoms with Crippen LogP contribution in [0.3, 0.4) is 0 Å². The fraction of sp³-hybridized carbons (Fsp3) is 0.250. The highest BCUT2D eigenvalue weighted by atomic mass is 32.1. The quantitative estimate of drug-likeness (QED) is 0.651. The molecule has 0 saturated heterocycles. The fourth-order valence-electron chi connectivity index (χ4n) is 1.64. The normalized spacial score (nSPS) is 10.5. The number of anilines is 1. The number of ether oxygens (including phenoxy) is 1. The number of carbonyl (C=O) groups excluding carboxylic acids is 1. The van der Waals surface area contributed by atoms with Gasteiger partial charge in [-0.2, -0.15) is 0 Å². The largest absolute Gasteiger partial charge is 0.443 e. The van der Waals surface area contributed by atoms with Gasteiger partial charge in [-0.1, -0.05) is 18.5 Å². The minimum Gasteiger partial charge on any atom is -0.443 e. The molecule has 0 spiro atoms. The molecule has 1 amide bonds. The minimum atomic E-state index is -0.611. The number of rotatable bonds is 2. The number of aromatic nitrogens is 1. The molecule has 114 valence electrons. The molecule has 0 unspecified atom stereocenters. The van der Waals surface area contributed by atoms with Crippen molar-refractivity contribution in [3.05, 3.63) is 36.0 Å². The Bertz CT molecular complexity index is 718. The molecular weight excluding hydrogens is 300 g/mol. The van der Waals surface area contributed by atoms with Crippen molar-refractivity contribution < 1.29 is 13.9 Å². The van der Waals surface area contributed by atoms with E-state index >= 15 is 0 Å². The second-order valence-corrected chi connectivity index (χ2v) is 5.69. The van der Waals surface area contributed by atoms with Crippen molar-refractivity contribution in [2.24, 2.45) is 0 Å². The second kappa shape index (κ2) is 6.58. The van der Waals surface area contributed by atoms with Crippen LogP contribution in [0.5, 0.6) is 0 Å². The van der Waals surface area contributed by atoms with E-state index in [1.807, 2.05) is 24.3 Å². The maximum atomic E-state index is 11.6. The molecule has 1 heterocycles. The number of carbonyl (C=O) groups is 1. The van der Waals surface area contributed by atoms with E-state index in [1.54, 1.807) is 20.8 Å². The first-order valence-electron chi connectivity index (χ1n) is 6.59. The van der Waals surface area contributed by atoms with Gasteiger partial charge in [-0.05, 0) is 50.3 Å². The van der Waals surface area contributed by atoms with Crippen LogP contribution in [0, 0.1) is 11.2 Å². The molecule has 1 aromatic carbocycles. The molecule has 0 atom stereocenters. The van der Waals surface area contributed by atoms with E-state index in [0.717, 1.165) is 11.1 Å². The summed E-state index contributed by atoms with van der Waals surface area (Å²) in [6.45, 7) is 5.34. The van der Waals surface area contributed by atoms with Crippen molar-refractivity contribution in [3.63, 3.8) is 0 Å². The Labute approximate surface area is 134 Å². The molecule has 0 aliphatic carbocycles. The van der Waals surface area contributed by atoms with Crippen LogP contribution in [-0.4, -0.2) is 16.7 Å². The maximum Gasteiger partial charge on any atom is 0.415 e. The van der Waals surface area contributed by atoms with E-state index in [2.05, 4.69) is 34.1 Å². The monoisotopic (exact) mass is 316 g/mol. The van der Waals surface area contributed by atoms with Crippen LogP contribution in [0.15, 0.2) is 34.9 Å². The Kier molecular flexibility index (Phi) is 4.78. The zero-order chi connectivity index (χ0) is 16.2. The van der Waals surface area contributed by atoms with Gasteiger partial charge in [0, 0.05) is 11.1 Å². The van der Waals surface area contributed by atoms with Crippen molar-refractivity contribution in [2.45, 2.75) is 26.4 Å². The zero-order valence-corrected chi connectivity index (χ0v) is 13.4. The van der Waals surface area contributed by atoms with Crippen molar-refractivity contribution in [3.8, 4) is 22.5 Å². The molecule has 1 N–H and O–H groups in total. The number of thiol groups is 1. The molecule has 0 aliphatic heterocycles. The average molecular weight is 316 g/mol. The molecular formula is C16H16N2O3S. The number of benzene rings is 1. The summed E-state index contributed by atoms with van der Waals surface area (Å²) in [6.07, 6.45) is 0.923. The third kappa shape index (κ3) is 4.57. The Morgan fingerprint density at radius 3 is 2.59 bits per heavy atom. The van der Waals surface area contributed by atoms with E-state index in [-0.39, 0.29) is 6.01 Å². The van der Waals surface area contributed by atoms with E-state index in [0.29, 0.717) is 5.76 Å². The first kappa shape index (κ1) is 16.0. The number of hydrogen-bond donors (Lipinski definition) is 2. The lowest BCUT2D eigenvalue weighted by Crippen LogP contribution is -2.27. The van der Waals surface area contributed by atoms with Crippen LogP contribution in [-0.2, 0) is 4.74 Å². The van der Waals surface area contributed by atoms with Gasteiger partial charge in [0.2, 0.25) is 0 Å². The summed E-state index contributed by atoms with van der Waals surface area (Å²) < 4.78 is 10.6. The molecule has 2 rings (SSSR count). The minimum absolute atomic E-state index is 0.0866. The summed E-state index contributed by atoms with van der Waals surface area (Å²) in [5, 5.41) is 4.98. The lowest BCUT2D eigenvalue weighted by atomic mass is 10.1.